The molecule has 1 unspecified atom stereocenters. The molecule has 0 spiro atoms. The van der Waals surface area contributed by atoms with Gasteiger partial charge in [0.15, 0.2) is 0 Å². The van der Waals surface area contributed by atoms with Gasteiger partial charge in [0.2, 0.25) is 0 Å². The first kappa shape index (κ1) is 17.2. The minimum atomic E-state index is 0. The maximum absolute atomic E-state index is 6.08. The molecule has 1 aromatic rings. The van der Waals surface area contributed by atoms with Gasteiger partial charge in [-0.15, -0.1) is 24.8 Å². The molecule has 1 aliphatic heterocycles. The second-order valence-corrected chi connectivity index (χ2v) is 4.46. The lowest BCUT2D eigenvalue weighted by Gasteiger charge is -2.33. The Labute approximate surface area is 124 Å². The number of piperazine rings is 1. The molecule has 2 heterocycles. The van der Waals surface area contributed by atoms with Crippen molar-refractivity contribution in [1.29, 1.82) is 0 Å². The minimum Gasteiger partial charge on any atom is -0.314 e. The number of hydrogen-bond donors (Lipinski definition) is 1. The summed E-state index contributed by atoms with van der Waals surface area (Å²) in [4.78, 5) is 6.33. The Morgan fingerprint density at radius 2 is 2.06 bits per heavy atom. The number of nitrogens with zero attached hydrogens (tertiary/aromatic N) is 2. The lowest BCUT2D eigenvalue weighted by atomic mass is 10.1. The summed E-state index contributed by atoms with van der Waals surface area (Å²) >= 11 is 11.8. The zero-order valence-corrected chi connectivity index (χ0v) is 12.5. The smallest absolute Gasteiger partial charge is 0.135 e. The first-order chi connectivity index (χ1) is 7.18. The van der Waals surface area contributed by atoms with Gasteiger partial charge in [-0.3, -0.25) is 4.90 Å². The average molecular weight is 319 g/mol. The van der Waals surface area contributed by atoms with Crippen LogP contribution in [-0.4, -0.2) is 36.6 Å². The molecule has 7 heteroatoms. The van der Waals surface area contributed by atoms with Crippen LogP contribution in [0.25, 0.3) is 0 Å². The van der Waals surface area contributed by atoms with Crippen LogP contribution in [0.4, 0.5) is 0 Å². The van der Waals surface area contributed by atoms with Crippen LogP contribution in [0.2, 0.25) is 10.3 Å². The van der Waals surface area contributed by atoms with Crippen LogP contribution in [0.5, 0.6) is 0 Å². The van der Waals surface area contributed by atoms with Crippen molar-refractivity contribution in [3.63, 3.8) is 0 Å². The number of nitrogens with one attached hydrogen (secondary N) is 1. The third kappa shape index (κ3) is 4.12. The molecule has 1 atom stereocenters. The Morgan fingerprint density at radius 3 is 2.65 bits per heavy atom. The van der Waals surface area contributed by atoms with Crippen LogP contribution >= 0.6 is 48.0 Å². The zero-order valence-electron chi connectivity index (χ0n) is 9.32. The first-order valence-corrected chi connectivity index (χ1v) is 5.67. The van der Waals surface area contributed by atoms with Gasteiger partial charge >= 0.3 is 0 Å². The van der Waals surface area contributed by atoms with Crippen LogP contribution in [0.1, 0.15) is 11.6 Å². The lowest BCUT2D eigenvalue weighted by molar-refractivity contribution is 0.202. The van der Waals surface area contributed by atoms with E-state index in [1.165, 1.54) is 0 Å². The van der Waals surface area contributed by atoms with Gasteiger partial charge in [0, 0.05) is 25.2 Å². The molecule has 0 aliphatic carbocycles. The van der Waals surface area contributed by atoms with Gasteiger partial charge in [-0.2, -0.15) is 0 Å². The van der Waals surface area contributed by atoms with Crippen LogP contribution < -0.4 is 5.32 Å². The fourth-order valence-electron chi connectivity index (χ4n) is 1.82. The highest BCUT2D eigenvalue weighted by molar-refractivity contribution is 6.32. The van der Waals surface area contributed by atoms with Crippen LogP contribution in [-0.2, 0) is 0 Å². The van der Waals surface area contributed by atoms with Gasteiger partial charge < -0.3 is 5.32 Å². The topological polar surface area (TPSA) is 28.2 Å². The molecule has 1 fully saturated rings. The fraction of sp³-hybridized carbons (Fsp3) is 0.500. The number of pyridine rings is 1. The predicted molar refractivity (Wildman–Crippen MR) is 77.0 cm³/mol. The van der Waals surface area contributed by atoms with Crippen LogP contribution in [0.3, 0.4) is 0 Å². The molecule has 1 N–H and O–H groups in total. The van der Waals surface area contributed by atoms with Crippen LogP contribution in [0, 0.1) is 0 Å². The van der Waals surface area contributed by atoms with Gasteiger partial charge in [0.1, 0.15) is 10.3 Å². The van der Waals surface area contributed by atoms with Crippen molar-refractivity contribution >= 4 is 48.0 Å². The summed E-state index contributed by atoms with van der Waals surface area (Å²) in [6, 6.07) is 4.02. The van der Waals surface area contributed by atoms with E-state index in [1.807, 2.05) is 6.07 Å². The van der Waals surface area contributed by atoms with E-state index >= 15 is 0 Å². The van der Waals surface area contributed by atoms with Gasteiger partial charge in [0.25, 0.3) is 0 Å². The molecule has 1 saturated heterocycles. The zero-order chi connectivity index (χ0) is 10.8. The van der Waals surface area contributed by atoms with E-state index in [2.05, 4.69) is 22.2 Å². The number of likely N-dealkylation sites (N-methyl/N-ethyl adjacent to an activating group) is 1. The van der Waals surface area contributed by atoms with Gasteiger partial charge in [-0.05, 0) is 13.1 Å². The molecule has 17 heavy (non-hydrogen) atoms. The first-order valence-electron chi connectivity index (χ1n) is 4.91. The predicted octanol–water partition coefficient (Wildman–Crippen LogP) is 2.81. The summed E-state index contributed by atoms with van der Waals surface area (Å²) < 4.78 is 0. The molecule has 2 rings (SSSR count). The van der Waals surface area contributed by atoms with E-state index < -0.39 is 0 Å². The van der Waals surface area contributed by atoms with Crippen molar-refractivity contribution < 1.29 is 0 Å². The third-order valence-corrected chi connectivity index (χ3v) is 3.23. The molecular weight excluding hydrogens is 304 g/mol. The van der Waals surface area contributed by atoms with Crippen molar-refractivity contribution in [2.24, 2.45) is 0 Å². The summed E-state index contributed by atoms with van der Waals surface area (Å²) in [6.07, 6.45) is 0. The van der Waals surface area contributed by atoms with Gasteiger partial charge in [0.05, 0.1) is 6.04 Å². The summed E-state index contributed by atoms with van der Waals surface area (Å²) in [5.41, 5.74) is 1.04. The molecule has 1 aromatic heterocycles. The Hall–Kier alpha value is 0.230. The van der Waals surface area contributed by atoms with E-state index in [0.29, 0.717) is 10.3 Å². The maximum Gasteiger partial charge on any atom is 0.135 e. The Morgan fingerprint density at radius 1 is 1.35 bits per heavy atom. The van der Waals surface area contributed by atoms with Gasteiger partial charge in [-0.25, -0.2) is 4.98 Å². The quantitative estimate of drug-likeness (QED) is 0.807. The molecule has 0 aromatic carbocycles. The molecule has 98 valence electrons. The molecule has 1 aliphatic rings. The summed E-state index contributed by atoms with van der Waals surface area (Å²) in [5, 5.41) is 4.29. The van der Waals surface area contributed by atoms with E-state index in [9.17, 15) is 0 Å². The highest BCUT2D eigenvalue weighted by atomic mass is 35.5. The number of aromatic nitrogens is 1. The second kappa shape index (κ2) is 7.62. The average Bonchev–Trinajstić information content (AvgIpc) is 2.20. The molecule has 0 radical (unpaired) electrons. The fourth-order valence-corrected chi connectivity index (χ4v) is 2.30. The Balaban J connectivity index is 0.00000128. The largest absolute Gasteiger partial charge is 0.314 e. The van der Waals surface area contributed by atoms with Gasteiger partial charge in [-0.1, -0.05) is 29.3 Å². The van der Waals surface area contributed by atoms with E-state index in [0.717, 1.165) is 25.2 Å². The molecule has 0 bridgehead atoms. The highest BCUT2D eigenvalue weighted by Crippen LogP contribution is 2.27. The monoisotopic (exact) mass is 317 g/mol. The Kier molecular flexibility index (Phi) is 7.72. The summed E-state index contributed by atoms with van der Waals surface area (Å²) in [5.74, 6) is 0. The Bertz CT molecular complexity index is 361. The normalized spacial score (nSPS) is 20.3. The number of rotatable bonds is 1. The van der Waals surface area contributed by atoms with Crippen molar-refractivity contribution in [3.8, 4) is 0 Å². The van der Waals surface area contributed by atoms with Crippen molar-refractivity contribution in [2.75, 3.05) is 26.7 Å². The van der Waals surface area contributed by atoms with Crippen molar-refractivity contribution in [3.05, 3.63) is 28.0 Å². The lowest BCUT2D eigenvalue weighted by Crippen LogP contribution is -2.43. The molecule has 0 amide bonds. The van der Waals surface area contributed by atoms with E-state index in [1.54, 1.807) is 6.07 Å². The molecule has 0 saturated carbocycles. The second-order valence-electron chi connectivity index (χ2n) is 3.71. The number of halogens is 4. The van der Waals surface area contributed by atoms with E-state index in [-0.39, 0.29) is 30.9 Å². The molecule has 3 nitrogen and oxygen atoms in total. The summed E-state index contributed by atoms with van der Waals surface area (Å²) in [7, 11) is 2.09. The molecular formula is C10H15Cl4N3. The third-order valence-electron chi connectivity index (χ3n) is 2.71. The maximum atomic E-state index is 6.08. The standard InChI is InChI=1S/C10H13Cl2N3.2ClH/c1-15-5-4-13-6-8(15)7-2-3-9(11)14-10(7)12;;/h2-3,8,13H,4-6H2,1H3;2*1H. The summed E-state index contributed by atoms with van der Waals surface area (Å²) in [6.45, 7) is 2.94. The van der Waals surface area contributed by atoms with Crippen LogP contribution in [0.15, 0.2) is 12.1 Å². The number of hydrogen-bond acceptors (Lipinski definition) is 3. The minimum absolute atomic E-state index is 0. The SMILES string of the molecule is CN1CCNCC1c1ccc(Cl)nc1Cl.Cl.Cl. The highest BCUT2D eigenvalue weighted by Gasteiger charge is 2.22. The van der Waals surface area contributed by atoms with Crippen molar-refractivity contribution in [1.82, 2.24) is 15.2 Å². The van der Waals surface area contributed by atoms with Crippen molar-refractivity contribution in [2.45, 2.75) is 6.04 Å². The van der Waals surface area contributed by atoms with E-state index in [4.69, 9.17) is 23.2 Å².